The predicted molar refractivity (Wildman–Crippen MR) is 73.4 cm³/mol. The van der Waals surface area contributed by atoms with Crippen molar-refractivity contribution in [1.82, 2.24) is 4.90 Å². The Morgan fingerprint density at radius 2 is 2.05 bits per heavy atom. The van der Waals surface area contributed by atoms with E-state index in [1.807, 2.05) is 24.3 Å². The van der Waals surface area contributed by atoms with E-state index in [4.69, 9.17) is 5.73 Å². The smallest absolute Gasteiger partial charge is 0.226 e. The summed E-state index contributed by atoms with van der Waals surface area (Å²) < 4.78 is 0. The minimum Gasteiger partial charge on any atom is -0.342 e. The molecule has 19 heavy (non-hydrogen) atoms. The lowest BCUT2D eigenvalue weighted by molar-refractivity contribution is -0.128. The summed E-state index contributed by atoms with van der Waals surface area (Å²) in [7, 11) is 0. The van der Waals surface area contributed by atoms with Crippen molar-refractivity contribution >= 4 is 17.5 Å². The molecule has 0 aliphatic carbocycles. The standard InChI is InChI=1S/C14H19N3O2/c15-10-11-3-5-12(6-4-11)16-13(18)7-9-17-8-1-2-14(17)19/h3-6H,1-2,7-10,15H2,(H,16,18). The molecule has 2 amide bonds. The third-order valence-corrected chi connectivity index (χ3v) is 3.25. The van der Waals surface area contributed by atoms with Crippen molar-refractivity contribution in [3.05, 3.63) is 29.8 Å². The zero-order chi connectivity index (χ0) is 13.7. The van der Waals surface area contributed by atoms with E-state index in [9.17, 15) is 9.59 Å². The van der Waals surface area contributed by atoms with Gasteiger partial charge in [-0.15, -0.1) is 0 Å². The predicted octanol–water partition coefficient (Wildman–Crippen LogP) is 1.10. The second-order valence-electron chi connectivity index (χ2n) is 4.68. The number of hydrogen-bond acceptors (Lipinski definition) is 3. The van der Waals surface area contributed by atoms with Crippen LogP contribution in [0.15, 0.2) is 24.3 Å². The van der Waals surface area contributed by atoms with Crippen LogP contribution in [0.2, 0.25) is 0 Å². The number of hydrogen-bond donors (Lipinski definition) is 2. The van der Waals surface area contributed by atoms with Crippen molar-refractivity contribution in [2.75, 3.05) is 18.4 Å². The zero-order valence-corrected chi connectivity index (χ0v) is 10.9. The Morgan fingerprint density at radius 3 is 2.63 bits per heavy atom. The molecule has 5 heteroatoms. The first-order chi connectivity index (χ1) is 9.19. The molecule has 1 aliphatic heterocycles. The number of nitrogens with one attached hydrogen (secondary N) is 1. The van der Waals surface area contributed by atoms with E-state index >= 15 is 0 Å². The largest absolute Gasteiger partial charge is 0.342 e. The first kappa shape index (κ1) is 13.5. The fourth-order valence-electron chi connectivity index (χ4n) is 2.12. The molecule has 0 saturated carbocycles. The molecule has 0 radical (unpaired) electrons. The van der Waals surface area contributed by atoms with Crippen LogP contribution in [-0.4, -0.2) is 29.8 Å². The number of nitrogens with two attached hydrogens (primary N) is 1. The molecule has 1 fully saturated rings. The number of carbonyl (C=O) groups excluding carboxylic acids is 2. The summed E-state index contributed by atoms with van der Waals surface area (Å²) in [6, 6.07) is 7.45. The summed E-state index contributed by atoms with van der Waals surface area (Å²) in [6.45, 7) is 1.77. The van der Waals surface area contributed by atoms with Gasteiger partial charge >= 0.3 is 0 Å². The van der Waals surface area contributed by atoms with Gasteiger partial charge in [0.25, 0.3) is 0 Å². The number of anilines is 1. The lowest BCUT2D eigenvalue weighted by atomic mass is 10.2. The molecule has 0 spiro atoms. The highest BCUT2D eigenvalue weighted by Gasteiger charge is 2.20. The topological polar surface area (TPSA) is 75.4 Å². The quantitative estimate of drug-likeness (QED) is 0.833. The van der Waals surface area contributed by atoms with Crippen molar-refractivity contribution < 1.29 is 9.59 Å². The maximum Gasteiger partial charge on any atom is 0.226 e. The van der Waals surface area contributed by atoms with Gasteiger partial charge in [0, 0.05) is 38.2 Å². The Hall–Kier alpha value is -1.88. The van der Waals surface area contributed by atoms with Crippen LogP contribution >= 0.6 is 0 Å². The Kier molecular flexibility index (Phi) is 4.52. The lowest BCUT2D eigenvalue weighted by Gasteiger charge is -2.14. The van der Waals surface area contributed by atoms with E-state index in [1.165, 1.54) is 0 Å². The third-order valence-electron chi connectivity index (χ3n) is 3.25. The van der Waals surface area contributed by atoms with Crippen LogP contribution in [0.5, 0.6) is 0 Å². The van der Waals surface area contributed by atoms with E-state index in [0.717, 1.165) is 24.2 Å². The van der Waals surface area contributed by atoms with E-state index in [0.29, 0.717) is 25.9 Å². The van der Waals surface area contributed by atoms with Crippen molar-refractivity contribution in [1.29, 1.82) is 0 Å². The molecular formula is C14H19N3O2. The second-order valence-corrected chi connectivity index (χ2v) is 4.68. The number of rotatable bonds is 5. The minimum atomic E-state index is -0.0693. The lowest BCUT2D eigenvalue weighted by Crippen LogP contribution is -2.28. The Bertz CT molecular complexity index is 456. The average Bonchev–Trinajstić information content (AvgIpc) is 2.83. The first-order valence-corrected chi connectivity index (χ1v) is 6.55. The van der Waals surface area contributed by atoms with Gasteiger partial charge in [0.1, 0.15) is 0 Å². The van der Waals surface area contributed by atoms with Crippen LogP contribution in [0.1, 0.15) is 24.8 Å². The highest BCUT2D eigenvalue weighted by molar-refractivity contribution is 5.91. The molecule has 0 unspecified atom stereocenters. The van der Waals surface area contributed by atoms with Gasteiger partial charge in [-0.05, 0) is 24.1 Å². The number of amides is 2. The Morgan fingerprint density at radius 1 is 1.32 bits per heavy atom. The maximum atomic E-state index is 11.8. The molecule has 1 aliphatic rings. The van der Waals surface area contributed by atoms with Crippen LogP contribution in [0.4, 0.5) is 5.69 Å². The molecule has 5 nitrogen and oxygen atoms in total. The Balaban J connectivity index is 1.78. The molecular weight excluding hydrogens is 242 g/mol. The van der Waals surface area contributed by atoms with Gasteiger partial charge in [0.05, 0.1) is 0 Å². The minimum absolute atomic E-state index is 0.0693. The molecule has 1 saturated heterocycles. The molecule has 0 bridgehead atoms. The van der Waals surface area contributed by atoms with Gasteiger partial charge in [0.2, 0.25) is 11.8 Å². The summed E-state index contributed by atoms with van der Waals surface area (Å²) in [5.74, 6) is 0.0836. The molecule has 1 aromatic rings. The average molecular weight is 261 g/mol. The van der Waals surface area contributed by atoms with E-state index < -0.39 is 0 Å². The second kappa shape index (κ2) is 6.33. The van der Waals surface area contributed by atoms with E-state index in [1.54, 1.807) is 4.90 Å². The Labute approximate surface area is 112 Å². The maximum absolute atomic E-state index is 11.8. The molecule has 1 heterocycles. The summed E-state index contributed by atoms with van der Waals surface area (Å²) in [6.07, 6.45) is 1.85. The van der Waals surface area contributed by atoms with Gasteiger partial charge in [0.15, 0.2) is 0 Å². The van der Waals surface area contributed by atoms with Gasteiger partial charge in [-0.25, -0.2) is 0 Å². The third kappa shape index (κ3) is 3.79. The van der Waals surface area contributed by atoms with E-state index in [2.05, 4.69) is 5.32 Å². The number of nitrogens with zero attached hydrogens (tertiary/aromatic N) is 1. The SMILES string of the molecule is NCc1ccc(NC(=O)CCN2CCCC2=O)cc1. The number of likely N-dealkylation sites (tertiary alicyclic amines) is 1. The normalized spacial score (nSPS) is 14.8. The van der Waals surface area contributed by atoms with Crippen molar-refractivity contribution in [3.63, 3.8) is 0 Å². The van der Waals surface area contributed by atoms with Crippen molar-refractivity contribution in [2.45, 2.75) is 25.8 Å². The fraction of sp³-hybridized carbons (Fsp3) is 0.429. The van der Waals surface area contributed by atoms with Crippen LogP contribution in [0.25, 0.3) is 0 Å². The van der Waals surface area contributed by atoms with E-state index in [-0.39, 0.29) is 11.8 Å². The van der Waals surface area contributed by atoms with Gasteiger partial charge in [-0.2, -0.15) is 0 Å². The summed E-state index contributed by atoms with van der Waals surface area (Å²) >= 11 is 0. The highest BCUT2D eigenvalue weighted by atomic mass is 16.2. The molecule has 0 atom stereocenters. The van der Waals surface area contributed by atoms with Crippen molar-refractivity contribution in [3.8, 4) is 0 Å². The van der Waals surface area contributed by atoms with Crippen LogP contribution < -0.4 is 11.1 Å². The van der Waals surface area contributed by atoms with Crippen LogP contribution in [-0.2, 0) is 16.1 Å². The molecule has 0 aromatic heterocycles. The number of carbonyl (C=O) groups is 2. The van der Waals surface area contributed by atoms with Gasteiger partial charge < -0.3 is 16.0 Å². The summed E-state index contributed by atoms with van der Waals surface area (Å²) in [4.78, 5) is 24.9. The van der Waals surface area contributed by atoms with Crippen LogP contribution in [0, 0.1) is 0 Å². The van der Waals surface area contributed by atoms with Crippen molar-refractivity contribution in [2.24, 2.45) is 5.73 Å². The molecule has 1 aromatic carbocycles. The first-order valence-electron chi connectivity index (χ1n) is 6.55. The van der Waals surface area contributed by atoms with Gasteiger partial charge in [-0.1, -0.05) is 12.1 Å². The summed E-state index contributed by atoms with van der Waals surface area (Å²) in [5.41, 5.74) is 7.29. The van der Waals surface area contributed by atoms with Gasteiger partial charge in [-0.3, -0.25) is 9.59 Å². The fourth-order valence-corrected chi connectivity index (χ4v) is 2.12. The molecule has 2 rings (SSSR count). The number of benzene rings is 1. The molecule has 102 valence electrons. The van der Waals surface area contributed by atoms with Crippen LogP contribution in [0.3, 0.4) is 0 Å². The monoisotopic (exact) mass is 261 g/mol. The summed E-state index contributed by atoms with van der Waals surface area (Å²) in [5, 5.41) is 2.81. The molecule has 3 N–H and O–H groups in total. The highest BCUT2D eigenvalue weighted by Crippen LogP contribution is 2.12. The zero-order valence-electron chi connectivity index (χ0n) is 10.9.